The number of aromatic nitrogens is 1. The Labute approximate surface area is 374 Å². The smallest absolute Gasteiger partial charge is 0.213 e. The van der Waals surface area contributed by atoms with E-state index in [2.05, 4.69) is 228 Å². The first kappa shape index (κ1) is 44.3. The van der Waals surface area contributed by atoms with Crippen molar-refractivity contribution in [1.29, 1.82) is 0 Å². The Morgan fingerprint density at radius 2 is 1.39 bits per heavy atom. The average Bonchev–Trinajstić information content (AvgIpc) is 3.26. The van der Waals surface area contributed by atoms with Crippen LogP contribution in [0.15, 0.2) is 170 Å². The maximum Gasteiger partial charge on any atom is 0.213 e. The summed E-state index contributed by atoms with van der Waals surface area (Å²) < 4.78 is 2.66. The SMILES string of the molecule is C=C(/C=C\C)CCC1c2ccccc2-c2cc(Cc3ccccc3)c([Si](C)(C)C)c[n+]2C1CC(=C)N(C)c1ccccc1Nc1c(C(C)C)cc(-c2ccccc2)cc1C(C)C. The van der Waals surface area contributed by atoms with Gasteiger partial charge in [0.15, 0.2) is 12.2 Å². The van der Waals surface area contributed by atoms with Gasteiger partial charge in [-0.1, -0.05) is 169 Å². The van der Waals surface area contributed by atoms with E-state index in [4.69, 9.17) is 6.58 Å². The Hall–Kier alpha value is -5.71. The standard InChI is InChI=1S/C58H68N3Si/c1-12-23-42(6)32-33-50-48-28-19-20-29-49(48)56-38-47(35-44-24-15-13-16-25-44)57(62(9,10)11)39-61(56)55(50)34-43(7)60(8)54-31-22-21-30-53(54)59-58-51(40(2)3)36-46(37-52(58)41(4)5)45-26-17-14-18-27-45/h12-31,36-41,50,55,59H,6-7,32-35H2,1-5,8-11H3/q+1/b23-12-. The van der Waals surface area contributed by atoms with Crippen LogP contribution in [0.2, 0.25) is 19.6 Å². The molecule has 0 aliphatic carbocycles. The number of nitrogens with zero attached hydrogens (tertiary/aromatic N) is 2. The highest BCUT2D eigenvalue weighted by atomic mass is 28.3. The maximum atomic E-state index is 4.91. The second-order valence-corrected chi connectivity index (χ2v) is 24.1. The first-order valence-electron chi connectivity index (χ1n) is 22.8. The number of fused-ring (bicyclic) bond motifs is 3. The topological polar surface area (TPSA) is 19.1 Å². The molecule has 62 heavy (non-hydrogen) atoms. The molecule has 3 nitrogen and oxygen atoms in total. The molecule has 1 aliphatic heterocycles. The van der Waals surface area contributed by atoms with Crippen molar-refractivity contribution >= 4 is 30.3 Å². The van der Waals surface area contributed by atoms with Crippen LogP contribution in [0.25, 0.3) is 22.4 Å². The summed E-state index contributed by atoms with van der Waals surface area (Å²) in [5, 5.41) is 5.55. The van der Waals surface area contributed by atoms with E-state index >= 15 is 0 Å². The number of rotatable bonds is 16. The van der Waals surface area contributed by atoms with Crippen molar-refractivity contribution in [2.45, 2.75) is 104 Å². The van der Waals surface area contributed by atoms with Crippen LogP contribution in [0.5, 0.6) is 0 Å². The van der Waals surface area contributed by atoms with Crippen LogP contribution in [-0.2, 0) is 6.42 Å². The third kappa shape index (κ3) is 9.67. The van der Waals surface area contributed by atoms with Crippen LogP contribution >= 0.6 is 0 Å². The number of anilines is 3. The minimum Gasteiger partial charge on any atom is -0.353 e. The highest BCUT2D eigenvalue weighted by molar-refractivity contribution is 6.89. The zero-order chi connectivity index (χ0) is 44.1. The van der Waals surface area contributed by atoms with Crippen molar-refractivity contribution in [3.05, 3.63) is 198 Å². The van der Waals surface area contributed by atoms with Gasteiger partial charge in [0.2, 0.25) is 5.69 Å². The van der Waals surface area contributed by atoms with Crippen molar-refractivity contribution < 1.29 is 4.57 Å². The molecule has 318 valence electrons. The number of pyridine rings is 1. The number of benzene rings is 5. The average molecular weight is 835 g/mol. The molecule has 0 fully saturated rings. The van der Waals surface area contributed by atoms with Crippen LogP contribution in [0.4, 0.5) is 17.1 Å². The summed E-state index contributed by atoms with van der Waals surface area (Å²) >= 11 is 0. The molecular formula is C58H68N3Si+. The van der Waals surface area contributed by atoms with Crippen molar-refractivity contribution in [1.82, 2.24) is 0 Å². The highest BCUT2D eigenvalue weighted by Gasteiger charge is 2.42. The van der Waals surface area contributed by atoms with E-state index in [1.54, 1.807) is 0 Å². The molecule has 0 amide bonds. The molecule has 1 aliphatic rings. The molecule has 1 N–H and O–H groups in total. The highest BCUT2D eigenvalue weighted by Crippen LogP contribution is 2.45. The minimum atomic E-state index is -1.77. The molecule has 2 unspecified atom stereocenters. The van der Waals surface area contributed by atoms with Gasteiger partial charge < -0.3 is 10.2 Å². The maximum absolute atomic E-state index is 4.91. The normalized spacial score (nSPS) is 14.8. The van der Waals surface area contributed by atoms with Crippen LogP contribution in [0.1, 0.15) is 105 Å². The molecule has 0 bridgehead atoms. The van der Waals surface area contributed by atoms with Gasteiger partial charge in [-0.15, -0.1) is 0 Å². The Kier molecular flexibility index (Phi) is 13.7. The van der Waals surface area contributed by atoms with Crippen molar-refractivity contribution in [3.8, 4) is 22.4 Å². The first-order chi connectivity index (χ1) is 29.7. The molecule has 0 radical (unpaired) electrons. The van der Waals surface area contributed by atoms with Gasteiger partial charge in [-0.3, -0.25) is 0 Å². The van der Waals surface area contributed by atoms with Crippen molar-refractivity contribution in [2.75, 3.05) is 17.3 Å². The third-order valence-corrected chi connectivity index (χ3v) is 14.9. The number of hydrogen-bond donors (Lipinski definition) is 1. The number of hydrogen-bond acceptors (Lipinski definition) is 2. The van der Waals surface area contributed by atoms with Crippen LogP contribution in [-0.4, -0.2) is 15.1 Å². The zero-order valence-corrected chi connectivity index (χ0v) is 39.8. The lowest BCUT2D eigenvalue weighted by Crippen LogP contribution is -2.54. The predicted octanol–water partition coefficient (Wildman–Crippen LogP) is 15.0. The molecule has 7 rings (SSSR count). The Morgan fingerprint density at radius 3 is 2.03 bits per heavy atom. The summed E-state index contributed by atoms with van der Waals surface area (Å²) in [6.45, 7) is 28.2. The molecule has 6 aromatic rings. The molecule has 0 spiro atoms. The van der Waals surface area contributed by atoms with E-state index in [0.717, 1.165) is 42.8 Å². The minimum absolute atomic E-state index is 0.167. The number of para-hydroxylation sites is 2. The van der Waals surface area contributed by atoms with E-state index in [0.29, 0.717) is 11.8 Å². The largest absolute Gasteiger partial charge is 0.353 e. The van der Waals surface area contributed by atoms with E-state index in [-0.39, 0.29) is 12.0 Å². The second kappa shape index (κ2) is 19.1. The Morgan fingerprint density at radius 1 is 0.774 bits per heavy atom. The monoisotopic (exact) mass is 835 g/mol. The lowest BCUT2D eigenvalue weighted by Gasteiger charge is -2.34. The number of allylic oxidation sites excluding steroid dienone is 4. The number of nitrogens with one attached hydrogen (secondary N) is 1. The fourth-order valence-corrected chi connectivity index (χ4v) is 11.2. The summed E-state index contributed by atoms with van der Waals surface area (Å²) in [6.07, 6.45) is 10.5. The molecule has 4 heteroatoms. The van der Waals surface area contributed by atoms with Crippen LogP contribution in [0, 0.1) is 0 Å². The lowest BCUT2D eigenvalue weighted by molar-refractivity contribution is -0.717. The molecule has 5 aromatic carbocycles. The molecular weight excluding hydrogens is 767 g/mol. The summed E-state index contributed by atoms with van der Waals surface area (Å²) in [5.41, 5.74) is 17.7. The third-order valence-electron chi connectivity index (χ3n) is 12.9. The molecule has 2 atom stereocenters. The lowest BCUT2D eigenvalue weighted by atomic mass is 9.78. The fraction of sp³-hybridized carbons (Fsp3) is 0.293. The molecule has 1 aromatic heterocycles. The molecule has 0 saturated heterocycles. The van der Waals surface area contributed by atoms with Gasteiger partial charge in [0, 0.05) is 41.2 Å². The van der Waals surface area contributed by atoms with Gasteiger partial charge in [0.1, 0.15) is 0 Å². The van der Waals surface area contributed by atoms with Crippen molar-refractivity contribution in [2.24, 2.45) is 0 Å². The van der Waals surface area contributed by atoms with Gasteiger partial charge in [0.25, 0.3) is 0 Å². The van der Waals surface area contributed by atoms with Crippen molar-refractivity contribution in [3.63, 3.8) is 0 Å². The van der Waals surface area contributed by atoms with Gasteiger partial charge in [-0.25, -0.2) is 0 Å². The van der Waals surface area contributed by atoms with Gasteiger partial charge in [-0.05, 0) is 107 Å². The van der Waals surface area contributed by atoms with Gasteiger partial charge in [0.05, 0.1) is 25.9 Å². The van der Waals surface area contributed by atoms with Gasteiger partial charge >= 0.3 is 0 Å². The quantitative estimate of drug-likeness (QED) is 0.0595. The predicted molar refractivity (Wildman–Crippen MR) is 271 cm³/mol. The fourth-order valence-electron chi connectivity index (χ4n) is 9.54. The first-order valence-corrected chi connectivity index (χ1v) is 26.3. The Bertz CT molecular complexity index is 2530. The van der Waals surface area contributed by atoms with Gasteiger partial charge in [-0.2, -0.15) is 4.57 Å². The summed E-state index contributed by atoms with van der Waals surface area (Å²) in [7, 11) is 0.430. The molecule has 2 heterocycles. The second-order valence-electron chi connectivity index (χ2n) is 19.1. The van der Waals surface area contributed by atoms with Crippen LogP contribution < -0.4 is 20.0 Å². The summed E-state index contributed by atoms with van der Waals surface area (Å²) in [6, 6.07) is 47.2. The Balaban J connectivity index is 1.30. The van der Waals surface area contributed by atoms with E-state index in [1.807, 2.05) is 0 Å². The van der Waals surface area contributed by atoms with Crippen LogP contribution in [0.3, 0.4) is 0 Å². The van der Waals surface area contributed by atoms with E-state index in [9.17, 15) is 0 Å². The summed E-state index contributed by atoms with van der Waals surface area (Å²) in [5.74, 6) is 0.948. The molecule has 0 saturated carbocycles. The zero-order valence-electron chi connectivity index (χ0n) is 38.8. The summed E-state index contributed by atoms with van der Waals surface area (Å²) in [4.78, 5) is 2.34. The van der Waals surface area contributed by atoms with E-state index in [1.165, 1.54) is 66.6 Å². The van der Waals surface area contributed by atoms with E-state index < -0.39 is 8.07 Å².